The average Bonchev–Trinajstić information content (AvgIpc) is 2.99. The zero-order valence-electron chi connectivity index (χ0n) is 14.7. The Morgan fingerprint density at radius 2 is 1.85 bits per heavy atom. The largest absolute Gasteiger partial charge is 0.378 e. The third-order valence-electron chi connectivity index (χ3n) is 3.75. The zero-order chi connectivity index (χ0) is 19.4. The first kappa shape index (κ1) is 19.5. The number of rotatable bonds is 4. The van der Waals surface area contributed by atoms with Crippen LogP contribution in [0.15, 0.2) is 64.5 Å². The molecule has 0 saturated carbocycles. The van der Waals surface area contributed by atoms with Crippen molar-refractivity contribution in [1.29, 1.82) is 0 Å². The number of carbonyl (C=O) groups is 1. The van der Waals surface area contributed by atoms with Gasteiger partial charge in [0, 0.05) is 19.8 Å². The molecule has 2 aromatic carbocycles. The molecule has 1 aliphatic rings. The summed E-state index contributed by atoms with van der Waals surface area (Å²) in [5.41, 5.74) is 2.71. The van der Waals surface area contributed by atoms with Crippen LogP contribution in [-0.4, -0.2) is 25.2 Å². The molecule has 4 nitrogen and oxygen atoms in total. The molecule has 138 valence electrons. The minimum Gasteiger partial charge on any atom is -0.378 e. The van der Waals surface area contributed by atoms with E-state index in [1.807, 2.05) is 55.4 Å². The smallest absolute Gasteiger partial charge is 0.264 e. The monoisotopic (exact) mass is 417 g/mol. The standard InChI is InChI=1S/C20H17Cl2N3OS/c1-25(2)14-11-9-13(10-12-14)5-3-8-17-19(26)24-20(27-17)23-16-7-4-6-15(21)18(16)22/h3-12H,1-2H3,(H,23,24,26)/b5-3+,17-8+. The van der Waals surface area contributed by atoms with E-state index >= 15 is 0 Å². The van der Waals surface area contributed by atoms with Gasteiger partial charge in [-0.3, -0.25) is 4.79 Å². The first-order valence-corrected chi connectivity index (χ1v) is 9.69. The van der Waals surface area contributed by atoms with Crippen LogP contribution in [0, 0.1) is 0 Å². The summed E-state index contributed by atoms with van der Waals surface area (Å²) in [6.45, 7) is 0. The van der Waals surface area contributed by atoms with E-state index in [2.05, 4.69) is 10.3 Å². The molecule has 0 unspecified atom stereocenters. The molecule has 0 aliphatic carbocycles. The van der Waals surface area contributed by atoms with Gasteiger partial charge in [0.1, 0.15) is 0 Å². The molecule has 3 rings (SSSR count). The summed E-state index contributed by atoms with van der Waals surface area (Å²) < 4.78 is 0. The summed E-state index contributed by atoms with van der Waals surface area (Å²) in [6, 6.07) is 13.3. The number of anilines is 1. The number of hydrogen-bond donors (Lipinski definition) is 1. The van der Waals surface area contributed by atoms with E-state index in [4.69, 9.17) is 23.2 Å². The Kier molecular flexibility index (Phi) is 6.26. The van der Waals surface area contributed by atoms with Crippen molar-refractivity contribution < 1.29 is 4.79 Å². The maximum atomic E-state index is 12.1. The van der Waals surface area contributed by atoms with Crippen molar-refractivity contribution in [3.05, 3.63) is 75.1 Å². The number of hydrogen-bond acceptors (Lipinski definition) is 4. The Morgan fingerprint density at radius 1 is 1.11 bits per heavy atom. The fraction of sp³-hybridized carbons (Fsp3) is 0.100. The second-order valence-electron chi connectivity index (χ2n) is 5.92. The minimum absolute atomic E-state index is 0.190. The van der Waals surface area contributed by atoms with Gasteiger partial charge >= 0.3 is 0 Å². The van der Waals surface area contributed by atoms with Crippen molar-refractivity contribution >= 4 is 63.5 Å². The van der Waals surface area contributed by atoms with Gasteiger partial charge in [0.05, 0.1) is 20.6 Å². The minimum atomic E-state index is -0.190. The summed E-state index contributed by atoms with van der Waals surface area (Å²) in [5, 5.41) is 3.99. The SMILES string of the molecule is CN(C)c1ccc(/C=C/C=C2/SC(=Nc3cccc(Cl)c3Cl)NC2=O)cc1. The summed E-state index contributed by atoms with van der Waals surface area (Å²) in [6.07, 6.45) is 5.56. The number of benzene rings is 2. The number of amides is 1. The predicted molar refractivity (Wildman–Crippen MR) is 117 cm³/mol. The van der Waals surface area contributed by atoms with Crippen LogP contribution >= 0.6 is 35.0 Å². The van der Waals surface area contributed by atoms with Crippen LogP contribution in [0.5, 0.6) is 0 Å². The molecule has 1 fully saturated rings. The van der Waals surface area contributed by atoms with Crippen LogP contribution < -0.4 is 10.2 Å². The number of thioether (sulfide) groups is 1. The molecule has 0 radical (unpaired) electrons. The number of nitrogens with one attached hydrogen (secondary N) is 1. The van der Waals surface area contributed by atoms with Crippen molar-refractivity contribution in [2.24, 2.45) is 4.99 Å². The Balaban J connectivity index is 1.71. The highest BCUT2D eigenvalue weighted by Crippen LogP contribution is 2.34. The van der Waals surface area contributed by atoms with Crippen LogP contribution in [0.3, 0.4) is 0 Å². The maximum Gasteiger partial charge on any atom is 0.264 e. The molecule has 1 aliphatic heterocycles. The van der Waals surface area contributed by atoms with E-state index in [1.165, 1.54) is 11.8 Å². The Labute approximate surface area is 172 Å². The van der Waals surface area contributed by atoms with Gasteiger partial charge in [-0.1, -0.05) is 53.6 Å². The number of aliphatic imine (C=N–C) groups is 1. The molecule has 27 heavy (non-hydrogen) atoms. The van der Waals surface area contributed by atoms with E-state index in [9.17, 15) is 4.79 Å². The topological polar surface area (TPSA) is 44.7 Å². The van der Waals surface area contributed by atoms with Crippen molar-refractivity contribution in [3.8, 4) is 0 Å². The number of allylic oxidation sites excluding steroid dienone is 2. The fourth-order valence-electron chi connectivity index (χ4n) is 2.31. The molecule has 2 aromatic rings. The van der Waals surface area contributed by atoms with Crippen molar-refractivity contribution in [2.45, 2.75) is 0 Å². The quantitative estimate of drug-likeness (QED) is 0.667. The van der Waals surface area contributed by atoms with Crippen LogP contribution in [-0.2, 0) is 4.79 Å². The number of nitrogens with zero attached hydrogens (tertiary/aromatic N) is 2. The first-order valence-electron chi connectivity index (χ1n) is 8.11. The number of halogens is 2. The molecule has 0 bridgehead atoms. The molecule has 1 saturated heterocycles. The van der Waals surface area contributed by atoms with Gasteiger partial charge in [0.25, 0.3) is 5.91 Å². The molecule has 1 N–H and O–H groups in total. The van der Waals surface area contributed by atoms with Gasteiger partial charge in [-0.25, -0.2) is 4.99 Å². The van der Waals surface area contributed by atoms with Gasteiger partial charge in [-0.2, -0.15) is 0 Å². The molecular formula is C20H17Cl2N3OS. The van der Waals surface area contributed by atoms with Gasteiger partial charge in [-0.05, 0) is 47.7 Å². The summed E-state index contributed by atoms with van der Waals surface area (Å²) in [4.78, 5) is 19.1. The summed E-state index contributed by atoms with van der Waals surface area (Å²) >= 11 is 13.4. The lowest BCUT2D eigenvalue weighted by Gasteiger charge is -2.11. The van der Waals surface area contributed by atoms with Crippen molar-refractivity contribution in [1.82, 2.24) is 5.32 Å². The molecule has 0 aromatic heterocycles. The van der Waals surface area contributed by atoms with Gasteiger partial charge in [0.2, 0.25) is 0 Å². The maximum absolute atomic E-state index is 12.1. The highest BCUT2D eigenvalue weighted by molar-refractivity contribution is 8.18. The average molecular weight is 418 g/mol. The Hall–Kier alpha value is -2.21. The lowest BCUT2D eigenvalue weighted by atomic mass is 10.2. The Morgan fingerprint density at radius 3 is 2.56 bits per heavy atom. The van der Waals surface area contributed by atoms with E-state index in [0.29, 0.717) is 25.8 Å². The van der Waals surface area contributed by atoms with Gasteiger partial charge in [-0.15, -0.1) is 0 Å². The predicted octanol–water partition coefficient (Wildman–Crippen LogP) is 5.51. The lowest BCUT2D eigenvalue weighted by molar-refractivity contribution is -0.115. The number of carbonyl (C=O) groups excluding carboxylic acids is 1. The molecule has 0 spiro atoms. The number of amidine groups is 1. The highest BCUT2D eigenvalue weighted by atomic mass is 35.5. The van der Waals surface area contributed by atoms with Gasteiger partial charge in [0.15, 0.2) is 5.17 Å². The van der Waals surface area contributed by atoms with Crippen LogP contribution in [0.2, 0.25) is 10.0 Å². The van der Waals surface area contributed by atoms with E-state index < -0.39 is 0 Å². The summed E-state index contributed by atoms with van der Waals surface area (Å²) in [5.74, 6) is -0.190. The van der Waals surface area contributed by atoms with Crippen LogP contribution in [0.1, 0.15) is 5.56 Å². The van der Waals surface area contributed by atoms with Gasteiger partial charge < -0.3 is 10.2 Å². The van der Waals surface area contributed by atoms with Crippen molar-refractivity contribution in [3.63, 3.8) is 0 Å². The van der Waals surface area contributed by atoms with E-state index in [0.717, 1.165) is 11.3 Å². The summed E-state index contributed by atoms with van der Waals surface area (Å²) in [7, 11) is 4.00. The Bertz CT molecular complexity index is 950. The van der Waals surface area contributed by atoms with E-state index in [-0.39, 0.29) is 5.91 Å². The van der Waals surface area contributed by atoms with Crippen LogP contribution in [0.4, 0.5) is 11.4 Å². The normalized spacial score (nSPS) is 17.1. The fourth-order valence-corrected chi connectivity index (χ4v) is 3.44. The first-order chi connectivity index (χ1) is 12.9. The molecule has 7 heteroatoms. The molecule has 1 heterocycles. The second-order valence-corrected chi connectivity index (χ2v) is 7.74. The van der Waals surface area contributed by atoms with Crippen molar-refractivity contribution in [2.75, 3.05) is 19.0 Å². The third kappa shape index (κ3) is 4.95. The lowest BCUT2D eigenvalue weighted by Crippen LogP contribution is -2.19. The van der Waals surface area contributed by atoms with Crippen LogP contribution in [0.25, 0.3) is 6.08 Å². The zero-order valence-corrected chi connectivity index (χ0v) is 17.1. The molecule has 0 atom stereocenters. The molecular weight excluding hydrogens is 401 g/mol. The highest BCUT2D eigenvalue weighted by Gasteiger charge is 2.23. The third-order valence-corrected chi connectivity index (χ3v) is 5.49. The molecule has 1 amide bonds. The van der Waals surface area contributed by atoms with E-state index in [1.54, 1.807) is 24.3 Å². The second kappa shape index (κ2) is 8.65.